The Morgan fingerprint density at radius 3 is 2.08 bits per heavy atom. The van der Waals surface area contributed by atoms with Crippen molar-refractivity contribution in [2.45, 2.75) is 5.92 Å². The van der Waals surface area contributed by atoms with Gasteiger partial charge >= 0.3 is 0 Å². The van der Waals surface area contributed by atoms with Gasteiger partial charge in [0.05, 0.1) is 5.02 Å². The number of rotatable bonds is 5. The minimum Gasteiger partial charge on any atom is -0.506 e. The van der Waals surface area contributed by atoms with Crippen LogP contribution in [0.25, 0.3) is 0 Å². The number of aromatic hydroxyl groups is 1. The highest BCUT2D eigenvalue weighted by Gasteiger charge is 2.12. The Labute approximate surface area is 156 Å². The third-order valence-electron chi connectivity index (χ3n) is 3.92. The Balaban J connectivity index is 1.78. The van der Waals surface area contributed by atoms with Crippen molar-refractivity contribution in [2.75, 3.05) is 0 Å². The molecule has 0 saturated carbocycles. The first-order valence-corrected chi connectivity index (χ1v) is 8.45. The van der Waals surface area contributed by atoms with Gasteiger partial charge in [-0.1, -0.05) is 72.3 Å². The second kappa shape index (κ2) is 8.32. The lowest BCUT2D eigenvalue weighted by Gasteiger charge is -2.13. The molecule has 3 aromatic carbocycles. The van der Waals surface area contributed by atoms with E-state index in [1.807, 2.05) is 60.7 Å². The summed E-state index contributed by atoms with van der Waals surface area (Å²) in [5, 5.41) is 13.7. The van der Waals surface area contributed by atoms with Crippen molar-refractivity contribution in [1.82, 2.24) is 5.43 Å². The molecule has 3 rings (SSSR count). The van der Waals surface area contributed by atoms with E-state index in [9.17, 15) is 9.90 Å². The van der Waals surface area contributed by atoms with Crippen molar-refractivity contribution < 1.29 is 9.90 Å². The first-order chi connectivity index (χ1) is 12.6. The highest BCUT2D eigenvalue weighted by Crippen LogP contribution is 2.24. The summed E-state index contributed by atoms with van der Waals surface area (Å²) in [5.41, 5.74) is 4.97. The number of hydrogen-bond donors (Lipinski definition) is 2. The van der Waals surface area contributed by atoms with Gasteiger partial charge in [-0.2, -0.15) is 5.10 Å². The van der Waals surface area contributed by atoms with Gasteiger partial charge in [-0.15, -0.1) is 0 Å². The quantitative estimate of drug-likeness (QED) is 0.513. The number of hydrazone groups is 1. The van der Waals surface area contributed by atoms with E-state index in [2.05, 4.69) is 10.5 Å². The van der Waals surface area contributed by atoms with Crippen LogP contribution in [0.1, 0.15) is 27.4 Å². The number of carbonyl (C=O) groups excluding carboxylic acids is 1. The maximum absolute atomic E-state index is 12.2. The van der Waals surface area contributed by atoms with Crippen LogP contribution in [0.4, 0.5) is 0 Å². The standard InChI is InChI=1S/C21H17ClN2O2/c22-19-13-17(11-12-20(19)25)21(26)24-23-14-18(15-7-3-1-4-8-15)16-9-5-2-6-10-16/h1-14,18,25H,(H,24,26)/b23-14+. The summed E-state index contributed by atoms with van der Waals surface area (Å²) in [6.07, 6.45) is 1.70. The number of hydrogen-bond acceptors (Lipinski definition) is 3. The molecular weight excluding hydrogens is 348 g/mol. The predicted molar refractivity (Wildman–Crippen MR) is 104 cm³/mol. The molecule has 0 aliphatic carbocycles. The van der Waals surface area contributed by atoms with Crippen molar-refractivity contribution in [3.8, 4) is 5.75 Å². The van der Waals surface area contributed by atoms with E-state index in [4.69, 9.17) is 11.6 Å². The minimum atomic E-state index is -0.400. The van der Waals surface area contributed by atoms with Gasteiger partial charge in [-0.05, 0) is 29.3 Å². The molecule has 3 aromatic rings. The SMILES string of the molecule is O=C(N/N=C/C(c1ccccc1)c1ccccc1)c1ccc(O)c(Cl)c1. The highest BCUT2D eigenvalue weighted by molar-refractivity contribution is 6.32. The van der Waals surface area contributed by atoms with Crippen molar-refractivity contribution in [1.29, 1.82) is 0 Å². The van der Waals surface area contributed by atoms with E-state index >= 15 is 0 Å². The monoisotopic (exact) mass is 364 g/mol. The van der Waals surface area contributed by atoms with Crippen LogP contribution in [-0.2, 0) is 0 Å². The molecule has 0 spiro atoms. The molecule has 4 nitrogen and oxygen atoms in total. The smallest absolute Gasteiger partial charge is 0.271 e. The summed E-state index contributed by atoms with van der Waals surface area (Å²) in [7, 11) is 0. The molecule has 0 atom stereocenters. The van der Waals surface area contributed by atoms with Gasteiger partial charge in [0.15, 0.2) is 0 Å². The molecule has 130 valence electrons. The van der Waals surface area contributed by atoms with Crippen LogP contribution in [0.15, 0.2) is 84.0 Å². The number of phenols is 1. The molecule has 0 saturated heterocycles. The van der Waals surface area contributed by atoms with E-state index < -0.39 is 5.91 Å². The largest absolute Gasteiger partial charge is 0.506 e. The van der Waals surface area contributed by atoms with Gasteiger partial charge in [-0.3, -0.25) is 4.79 Å². The number of benzene rings is 3. The maximum atomic E-state index is 12.2. The zero-order valence-electron chi connectivity index (χ0n) is 13.8. The molecule has 0 aliphatic heterocycles. The molecule has 0 aromatic heterocycles. The van der Waals surface area contributed by atoms with Crippen LogP contribution in [0.5, 0.6) is 5.75 Å². The van der Waals surface area contributed by atoms with Crippen LogP contribution in [0, 0.1) is 0 Å². The van der Waals surface area contributed by atoms with Crippen molar-refractivity contribution >= 4 is 23.7 Å². The molecule has 0 fully saturated rings. The fourth-order valence-corrected chi connectivity index (χ4v) is 2.75. The number of nitrogens with zero attached hydrogens (tertiary/aromatic N) is 1. The lowest BCUT2D eigenvalue weighted by Crippen LogP contribution is -2.18. The number of phenolic OH excluding ortho intramolecular Hbond substituents is 1. The molecule has 2 N–H and O–H groups in total. The second-order valence-corrected chi connectivity index (χ2v) is 6.09. The fraction of sp³-hybridized carbons (Fsp3) is 0.0476. The molecule has 26 heavy (non-hydrogen) atoms. The van der Waals surface area contributed by atoms with Crippen LogP contribution in [0.2, 0.25) is 5.02 Å². The molecule has 0 aliphatic rings. The fourth-order valence-electron chi connectivity index (χ4n) is 2.57. The number of halogens is 1. The summed E-state index contributed by atoms with van der Waals surface area (Å²) < 4.78 is 0. The number of carbonyl (C=O) groups is 1. The van der Waals surface area contributed by atoms with Gasteiger partial charge in [-0.25, -0.2) is 5.43 Å². The van der Waals surface area contributed by atoms with Crippen LogP contribution >= 0.6 is 11.6 Å². The van der Waals surface area contributed by atoms with E-state index in [1.54, 1.807) is 6.21 Å². The summed E-state index contributed by atoms with van der Waals surface area (Å²) in [4.78, 5) is 12.2. The third kappa shape index (κ3) is 4.29. The Kier molecular flexibility index (Phi) is 5.66. The van der Waals surface area contributed by atoms with Gasteiger partial charge in [0, 0.05) is 17.7 Å². The van der Waals surface area contributed by atoms with Crippen molar-refractivity contribution in [3.63, 3.8) is 0 Å². The molecule has 5 heteroatoms. The average Bonchev–Trinajstić information content (AvgIpc) is 2.68. The molecule has 0 bridgehead atoms. The van der Waals surface area contributed by atoms with E-state index in [0.717, 1.165) is 11.1 Å². The Hall–Kier alpha value is -3.11. The van der Waals surface area contributed by atoms with E-state index in [0.29, 0.717) is 5.56 Å². The van der Waals surface area contributed by atoms with Crippen LogP contribution < -0.4 is 5.43 Å². The second-order valence-electron chi connectivity index (χ2n) is 5.68. The van der Waals surface area contributed by atoms with Crippen molar-refractivity contribution in [3.05, 3.63) is 101 Å². The average molecular weight is 365 g/mol. The predicted octanol–water partition coefficient (Wildman–Crippen LogP) is 4.59. The van der Waals surface area contributed by atoms with Crippen molar-refractivity contribution in [2.24, 2.45) is 5.10 Å². The molecule has 0 radical (unpaired) electrons. The van der Waals surface area contributed by atoms with E-state index in [1.165, 1.54) is 18.2 Å². The zero-order valence-corrected chi connectivity index (χ0v) is 14.6. The normalized spacial score (nSPS) is 11.0. The van der Waals surface area contributed by atoms with Gasteiger partial charge < -0.3 is 5.11 Å². The number of amides is 1. The Morgan fingerprint density at radius 2 is 1.54 bits per heavy atom. The van der Waals surface area contributed by atoms with E-state index in [-0.39, 0.29) is 16.7 Å². The summed E-state index contributed by atoms with van der Waals surface area (Å²) in [6.45, 7) is 0. The maximum Gasteiger partial charge on any atom is 0.271 e. The lowest BCUT2D eigenvalue weighted by atomic mass is 9.92. The first kappa shape index (κ1) is 17.7. The molecule has 0 unspecified atom stereocenters. The summed E-state index contributed by atoms with van der Waals surface area (Å²) in [5.74, 6) is -0.552. The minimum absolute atomic E-state index is 0.0695. The Bertz CT molecular complexity index is 872. The molecule has 0 heterocycles. The van der Waals surface area contributed by atoms with Crippen LogP contribution in [-0.4, -0.2) is 17.2 Å². The summed E-state index contributed by atoms with van der Waals surface area (Å²) >= 11 is 5.83. The molecule has 1 amide bonds. The van der Waals surface area contributed by atoms with Gasteiger partial charge in [0.1, 0.15) is 5.75 Å². The van der Waals surface area contributed by atoms with Gasteiger partial charge in [0.25, 0.3) is 5.91 Å². The number of nitrogens with one attached hydrogen (secondary N) is 1. The third-order valence-corrected chi connectivity index (χ3v) is 4.22. The highest BCUT2D eigenvalue weighted by atomic mass is 35.5. The Morgan fingerprint density at radius 1 is 0.962 bits per heavy atom. The summed E-state index contributed by atoms with van der Waals surface area (Å²) in [6, 6.07) is 24.1. The first-order valence-electron chi connectivity index (χ1n) is 8.07. The molecular formula is C21H17ClN2O2. The van der Waals surface area contributed by atoms with Crippen LogP contribution in [0.3, 0.4) is 0 Å². The zero-order chi connectivity index (χ0) is 18.4. The lowest BCUT2D eigenvalue weighted by molar-refractivity contribution is 0.0955. The topological polar surface area (TPSA) is 61.7 Å². The van der Waals surface area contributed by atoms with Gasteiger partial charge in [0.2, 0.25) is 0 Å².